The third kappa shape index (κ3) is 3.96. The largest absolute Gasteiger partial charge is 0.478 e. The number of carboxylic acid groups (broad SMARTS) is 1. The van der Waals surface area contributed by atoms with E-state index in [0.29, 0.717) is 15.7 Å². The van der Waals surface area contributed by atoms with Gasteiger partial charge in [0.25, 0.3) is 5.91 Å². The van der Waals surface area contributed by atoms with Crippen molar-refractivity contribution in [1.82, 2.24) is 0 Å². The topological polar surface area (TPSA) is 66.4 Å². The fourth-order valence-corrected chi connectivity index (χ4v) is 2.82. The summed E-state index contributed by atoms with van der Waals surface area (Å²) in [5, 5.41) is 11.7. The standard InChI is InChI=1S/C14H8BrClINO3/c15-11-4-1-7(17)5-10(11)13(19)18-8-2-3-9(14(20)21)12(16)6-8/h1-6H,(H,18,19)(H,20,21). The Morgan fingerprint density at radius 2 is 1.86 bits per heavy atom. The lowest BCUT2D eigenvalue weighted by Crippen LogP contribution is -2.13. The number of hydrogen-bond acceptors (Lipinski definition) is 2. The highest BCUT2D eigenvalue weighted by atomic mass is 127. The number of amides is 1. The number of halogens is 3. The molecule has 0 spiro atoms. The first-order valence-electron chi connectivity index (χ1n) is 5.67. The van der Waals surface area contributed by atoms with Crippen LogP contribution in [0.15, 0.2) is 40.9 Å². The molecule has 4 nitrogen and oxygen atoms in total. The Morgan fingerprint density at radius 3 is 2.48 bits per heavy atom. The molecule has 7 heteroatoms. The van der Waals surface area contributed by atoms with Gasteiger partial charge in [0.2, 0.25) is 0 Å². The van der Waals surface area contributed by atoms with Gasteiger partial charge in [-0.15, -0.1) is 0 Å². The van der Waals surface area contributed by atoms with Crippen molar-refractivity contribution in [3.05, 3.63) is 60.6 Å². The van der Waals surface area contributed by atoms with Gasteiger partial charge in [0, 0.05) is 13.7 Å². The van der Waals surface area contributed by atoms with Crippen molar-refractivity contribution in [3.8, 4) is 0 Å². The minimum Gasteiger partial charge on any atom is -0.478 e. The molecule has 108 valence electrons. The predicted octanol–water partition coefficient (Wildman–Crippen LogP) is 4.66. The van der Waals surface area contributed by atoms with Crippen LogP contribution in [0.2, 0.25) is 5.02 Å². The minimum absolute atomic E-state index is 0.00916. The molecule has 0 aliphatic carbocycles. The molecule has 0 atom stereocenters. The molecule has 0 bridgehead atoms. The van der Waals surface area contributed by atoms with E-state index in [9.17, 15) is 9.59 Å². The third-order valence-electron chi connectivity index (χ3n) is 2.63. The highest BCUT2D eigenvalue weighted by Crippen LogP contribution is 2.24. The van der Waals surface area contributed by atoms with Crippen LogP contribution in [0.4, 0.5) is 5.69 Å². The van der Waals surface area contributed by atoms with E-state index >= 15 is 0 Å². The van der Waals surface area contributed by atoms with Crippen LogP contribution in [-0.4, -0.2) is 17.0 Å². The molecule has 0 aromatic heterocycles. The molecule has 1 amide bonds. The van der Waals surface area contributed by atoms with Gasteiger partial charge in [0.15, 0.2) is 0 Å². The summed E-state index contributed by atoms with van der Waals surface area (Å²) in [5.41, 5.74) is 0.909. The molecule has 0 aliphatic heterocycles. The maximum Gasteiger partial charge on any atom is 0.337 e. The summed E-state index contributed by atoms with van der Waals surface area (Å²) in [6.45, 7) is 0. The number of hydrogen-bond donors (Lipinski definition) is 2. The van der Waals surface area contributed by atoms with E-state index in [4.69, 9.17) is 16.7 Å². The first-order chi connectivity index (χ1) is 9.88. The number of nitrogens with one attached hydrogen (secondary N) is 1. The highest BCUT2D eigenvalue weighted by Gasteiger charge is 2.13. The molecule has 2 aromatic carbocycles. The van der Waals surface area contributed by atoms with Gasteiger partial charge < -0.3 is 10.4 Å². The van der Waals surface area contributed by atoms with Crippen LogP contribution in [0, 0.1) is 3.57 Å². The molecule has 2 N–H and O–H groups in total. The molecule has 0 heterocycles. The van der Waals surface area contributed by atoms with Gasteiger partial charge in [0.05, 0.1) is 16.1 Å². The number of carbonyl (C=O) groups excluding carboxylic acids is 1. The van der Waals surface area contributed by atoms with Crippen molar-refractivity contribution in [2.75, 3.05) is 5.32 Å². The van der Waals surface area contributed by atoms with Crippen molar-refractivity contribution in [1.29, 1.82) is 0 Å². The zero-order valence-electron chi connectivity index (χ0n) is 10.4. The zero-order valence-corrected chi connectivity index (χ0v) is 14.9. The van der Waals surface area contributed by atoms with Crippen LogP contribution in [0.25, 0.3) is 0 Å². The molecular weight excluding hydrogens is 472 g/mol. The van der Waals surface area contributed by atoms with Gasteiger partial charge in [-0.3, -0.25) is 4.79 Å². The fraction of sp³-hybridized carbons (Fsp3) is 0. The van der Waals surface area contributed by atoms with Crippen molar-refractivity contribution in [2.24, 2.45) is 0 Å². The summed E-state index contributed by atoms with van der Waals surface area (Å²) in [5.74, 6) is -1.42. The van der Waals surface area contributed by atoms with Gasteiger partial charge in [-0.1, -0.05) is 11.6 Å². The normalized spacial score (nSPS) is 10.2. The number of carbonyl (C=O) groups is 2. The molecule has 2 rings (SSSR count). The first-order valence-corrected chi connectivity index (χ1v) is 7.92. The Hall–Kier alpha value is -1.12. The van der Waals surface area contributed by atoms with Crippen molar-refractivity contribution < 1.29 is 14.7 Å². The summed E-state index contributed by atoms with van der Waals surface area (Å²) < 4.78 is 1.61. The summed E-state index contributed by atoms with van der Waals surface area (Å²) in [6, 6.07) is 9.66. The van der Waals surface area contributed by atoms with Crippen LogP contribution < -0.4 is 5.32 Å². The van der Waals surface area contributed by atoms with Gasteiger partial charge in [0.1, 0.15) is 0 Å². The SMILES string of the molecule is O=C(O)c1ccc(NC(=O)c2cc(I)ccc2Br)cc1Cl. The van der Waals surface area contributed by atoms with Crippen LogP contribution >= 0.6 is 50.1 Å². The summed E-state index contributed by atoms with van der Waals surface area (Å²) in [4.78, 5) is 23.1. The Bertz CT molecular complexity index is 736. The molecule has 0 saturated carbocycles. The second-order valence-corrected chi connectivity index (χ2v) is 6.59. The monoisotopic (exact) mass is 479 g/mol. The third-order valence-corrected chi connectivity index (χ3v) is 4.31. The molecule has 0 fully saturated rings. The van der Waals surface area contributed by atoms with Crippen LogP contribution in [0.1, 0.15) is 20.7 Å². The first kappa shape index (κ1) is 16.3. The summed E-state index contributed by atoms with van der Waals surface area (Å²) >= 11 is 11.3. The van der Waals surface area contributed by atoms with Crippen molar-refractivity contribution in [3.63, 3.8) is 0 Å². The maximum absolute atomic E-state index is 12.2. The second-order valence-electron chi connectivity index (χ2n) is 4.08. The lowest BCUT2D eigenvalue weighted by Gasteiger charge is -2.08. The number of benzene rings is 2. The molecule has 0 aliphatic rings. The predicted molar refractivity (Wildman–Crippen MR) is 93.2 cm³/mol. The Labute approximate surface area is 147 Å². The van der Waals surface area contributed by atoms with Gasteiger partial charge in [-0.25, -0.2) is 4.79 Å². The van der Waals surface area contributed by atoms with E-state index in [2.05, 4.69) is 43.8 Å². The van der Waals surface area contributed by atoms with E-state index < -0.39 is 5.97 Å². The van der Waals surface area contributed by atoms with E-state index in [1.807, 2.05) is 6.07 Å². The van der Waals surface area contributed by atoms with Crippen molar-refractivity contribution >= 4 is 67.7 Å². The average molecular weight is 480 g/mol. The molecule has 0 radical (unpaired) electrons. The lowest BCUT2D eigenvalue weighted by molar-refractivity contribution is 0.0697. The minimum atomic E-state index is -1.11. The summed E-state index contributed by atoms with van der Waals surface area (Å²) in [6.07, 6.45) is 0. The number of carboxylic acids is 1. The molecular formula is C14H8BrClINO3. The molecule has 0 unspecified atom stereocenters. The van der Waals surface area contributed by atoms with Gasteiger partial charge in [-0.2, -0.15) is 0 Å². The zero-order chi connectivity index (χ0) is 15.6. The maximum atomic E-state index is 12.2. The second kappa shape index (κ2) is 6.76. The van der Waals surface area contributed by atoms with E-state index in [0.717, 1.165) is 3.57 Å². The van der Waals surface area contributed by atoms with Gasteiger partial charge >= 0.3 is 5.97 Å². The van der Waals surface area contributed by atoms with Crippen molar-refractivity contribution in [2.45, 2.75) is 0 Å². The quantitative estimate of drug-likeness (QED) is 0.629. The fourth-order valence-electron chi connectivity index (χ4n) is 1.64. The Balaban J connectivity index is 2.26. The van der Waals surface area contributed by atoms with Crippen LogP contribution in [-0.2, 0) is 0 Å². The van der Waals surface area contributed by atoms with E-state index in [-0.39, 0.29) is 16.5 Å². The summed E-state index contributed by atoms with van der Waals surface area (Å²) in [7, 11) is 0. The molecule has 21 heavy (non-hydrogen) atoms. The highest BCUT2D eigenvalue weighted by molar-refractivity contribution is 14.1. The Kier molecular flexibility index (Phi) is 5.23. The van der Waals surface area contributed by atoms with E-state index in [1.165, 1.54) is 18.2 Å². The molecule has 0 saturated heterocycles. The number of aromatic carboxylic acids is 1. The van der Waals surface area contributed by atoms with Crippen LogP contribution in [0.3, 0.4) is 0 Å². The number of rotatable bonds is 3. The van der Waals surface area contributed by atoms with Crippen LogP contribution in [0.5, 0.6) is 0 Å². The van der Waals surface area contributed by atoms with E-state index in [1.54, 1.807) is 12.1 Å². The number of anilines is 1. The van der Waals surface area contributed by atoms with Gasteiger partial charge in [-0.05, 0) is 74.9 Å². The molecule has 2 aromatic rings. The Morgan fingerprint density at radius 1 is 1.14 bits per heavy atom. The smallest absolute Gasteiger partial charge is 0.337 e. The average Bonchev–Trinajstić information content (AvgIpc) is 2.41. The lowest BCUT2D eigenvalue weighted by atomic mass is 10.2.